The van der Waals surface area contributed by atoms with Crippen LogP contribution in [0.2, 0.25) is 0 Å². The largest absolute Gasteiger partial charge is 0.444 e. The molecule has 24 heavy (non-hydrogen) atoms. The first-order valence-corrected chi connectivity index (χ1v) is 8.41. The standard InChI is InChI=1S/C17H24N4O2S/c1-12-7-17(10-19-8-12,21-15(22)23-16(2,3)4)13-5-6-18-9-14(13)20-11-24/h5-6,9,12,19H,7-8,10H2,1-4H3,(H,21,22)/t12-,17+/m0/s1. The van der Waals surface area contributed by atoms with Gasteiger partial charge < -0.3 is 15.4 Å². The number of hydrogen-bond donors (Lipinski definition) is 2. The Hall–Kier alpha value is -1.82. The molecule has 7 heteroatoms. The first kappa shape index (κ1) is 18.5. The minimum Gasteiger partial charge on any atom is -0.444 e. The molecule has 1 fully saturated rings. The van der Waals surface area contributed by atoms with Gasteiger partial charge >= 0.3 is 6.09 Å². The highest BCUT2D eigenvalue weighted by Gasteiger charge is 2.40. The summed E-state index contributed by atoms with van der Waals surface area (Å²) in [4.78, 5) is 20.7. The predicted octanol–water partition coefficient (Wildman–Crippen LogP) is 3.17. The maximum atomic E-state index is 12.4. The zero-order valence-electron chi connectivity index (χ0n) is 14.5. The topological polar surface area (TPSA) is 75.6 Å². The number of carbonyl (C=O) groups is 1. The fourth-order valence-corrected chi connectivity index (χ4v) is 3.17. The molecule has 1 saturated heterocycles. The Morgan fingerprint density at radius 1 is 1.58 bits per heavy atom. The van der Waals surface area contributed by atoms with Crippen molar-refractivity contribution in [2.24, 2.45) is 10.9 Å². The molecule has 0 aromatic carbocycles. The molecule has 0 saturated carbocycles. The number of rotatable bonds is 3. The molecular weight excluding hydrogens is 324 g/mol. The van der Waals surface area contributed by atoms with E-state index in [-0.39, 0.29) is 0 Å². The molecule has 2 atom stereocenters. The zero-order valence-corrected chi connectivity index (χ0v) is 15.4. The average molecular weight is 348 g/mol. The van der Waals surface area contributed by atoms with Crippen molar-refractivity contribution in [3.05, 3.63) is 24.0 Å². The van der Waals surface area contributed by atoms with Crippen molar-refractivity contribution >= 4 is 29.2 Å². The predicted molar refractivity (Wildman–Crippen MR) is 96.6 cm³/mol. The monoisotopic (exact) mass is 348 g/mol. The van der Waals surface area contributed by atoms with Crippen LogP contribution >= 0.6 is 12.2 Å². The second kappa shape index (κ2) is 7.38. The van der Waals surface area contributed by atoms with E-state index in [4.69, 9.17) is 17.0 Å². The lowest BCUT2D eigenvalue weighted by Crippen LogP contribution is -2.57. The number of nitrogens with zero attached hydrogens (tertiary/aromatic N) is 2. The van der Waals surface area contributed by atoms with Crippen LogP contribution in [0.15, 0.2) is 23.5 Å². The molecule has 2 heterocycles. The van der Waals surface area contributed by atoms with Gasteiger partial charge in [-0.05, 0) is 57.9 Å². The number of ether oxygens (including phenoxy) is 1. The summed E-state index contributed by atoms with van der Waals surface area (Å²) >= 11 is 4.74. The van der Waals surface area contributed by atoms with E-state index in [1.807, 2.05) is 26.8 Å². The molecule has 1 aliphatic heterocycles. The van der Waals surface area contributed by atoms with Gasteiger partial charge in [0.2, 0.25) is 0 Å². The maximum Gasteiger partial charge on any atom is 0.408 e. The number of carbonyl (C=O) groups excluding carboxylic acids is 1. The van der Waals surface area contributed by atoms with Gasteiger partial charge in [-0.1, -0.05) is 6.92 Å². The number of aromatic nitrogens is 1. The number of hydrogen-bond acceptors (Lipinski definition) is 6. The van der Waals surface area contributed by atoms with Gasteiger partial charge in [0, 0.05) is 18.3 Å². The van der Waals surface area contributed by atoms with Crippen LogP contribution in [-0.2, 0) is 10.3 Å². The third-order valence-electron chi connectivity index (χ3n) is 3.84. The number of nitrogens with one attached hydrogen (secondary N) is 2. The third kappa shape index (κ3) is 4.60. The molecule has 1 aromatic rings. The summed E-state index contributed by atoms with van der Waals surface area (Å²) in [6.07, 6.45) is 3.64. The van der Waals surface area contributed by atoms with E-state index in [1.54, 1.807) is 12.4 Å². The number of isothiocyanates is 1. The van der Waals surface area contributed by atoms with Crippen LogP contribution in [0, 0.1) is 5.92 Å². The Kier molecular flexibility index (Phi) is 5.70. The molecule has 1 aliphatic rings. The molecule has 0 spiro atoms. The van der Waals surface area contributed by atoms with Crippen LogP contribution in [0.1, 0.15) is 39.7 Å². The maximum absolute atomic E-state index is 12.4. The summed E-state index contributed by atoms with van der Waals surface area (Å²) in [6.45, 7) is 9.15. The van der Waals surface area contributed by atoms with Crippen LogP contribution in [0.3, 0.4) is 0 Å². The lowest BCUT2D eigenvalue weighted by molar-refractivity contribution is 0.0415. The first-order valence-electron chi connectivity index (χ1n) is 8.00. The highest BCUT2D eigenvalue weighted by atomic mass is 32.1. The lowest BCUT2D eigenvalue weighted by atomic mass is 9.78. The molecule has 1 amide bonds. The number of thiocarbonyl (C=S) groups is 1. The summed E-state index contributed by atoms with van der Waals surface area (Å²) in [7, 11) is 0. The van der Waals surface area contributed by atoms with Gasteiger partial charge in [-0.15, -0.1) is 0 Å². The Balaban J connectivity index is 2.41. The lowest BCUT2D eigenvalue weighted by Gasteiger charge is -2.42. The smallest absolute Gasteiger partial charge is 0.408 e. The summed E-state index contributed by atoms with van der Waals surface area (Å²) in [5.74, 6) is 0.381. The minimum atomic E-state index is -0.631. The molecule has 1 aromatic heterocycles. The van der Waals surface area contributed by atoms with Gasteiger partial charge in [0.25, 0.3) is 0 Å². The van der Waals surface area contributed by atoms with E-state index in [9.17, 15) is 4.79 Å². The van der Waals surface area contributed by atoms with E-state index in [0.29, 0.717) is 18.2 Å². The van der Waals surface area contributed by atoms with Gasteiger partial charge in [-0.25, -0.2) is 4.79 Å². The SMILES string of the molecule is C[C@@H]1CNC[C@@](NC(=O)OC(C)(C)C)(c2ccncc2N=C=S)C1. The van der Waals surface area contributed by atoms with Gasteiger partial charge in [-0.2, -0.15) is 4.99 Å². The van der Waals surface area contributed by atoms with Gasteiger partial charge in [0.05, 0.1) is 22.6 Å². The summed E-state index contributed by atoms with van der Waals surface area (Å²) in [5, 5.41) is 8.83. The second-order valence-corrected chi connectivity index (χ2v) is 7.43. The van der Waals surface area contributed by atoms with Crippen molar-refractivity contribution in [2.45, 2.75) is 45.3 Å². The van der Waals surface area contributed by atoms with E-state index in [0.717, 1.165) is 18.5 Å². The van der Waals surface area contributed by atoms with Gasteiger partial charge in [-0.3, -0.25) is 4.98 Å². The Morgan fingerprint density at radius 2 is 2.33 bits per heavy atom. The van der Waals surface area contributed by atoms with E-state index in [1.165, 1.54) is 0 Å². The fraction of sp³-hybridized carbons (Fsp3) is 0.588. The van der Waals surface area contributed by atoms with Crippen LogP contribution in [0.5, 0.6) is 0 Å². The van der Waals surface area contributed by atoms with Crippen LogP contribution in [0.4, 0.5) is 10.5 Å². The Morgan fingerprint density at radius 3 is 2.96 bits per heavy atom. The van der Waals surface area contributed by atoms with E-state index < -0.39 is 17.2 Å². The van der Waals surface area contributed by atoms with Crippen molar-refractivity contribution in [2.75, 3.05) is 13.1 Å². The number of aliphatic imine (C=N–C) groups is 1. The summed E-state index contributed by atoms with van der Waals surface area (Å²) < 4.78 is 5.46. The molecule has 130 valence electrons. The van der Waals surface area contributed by atoms with Crippen molar-refractivity contribution < 1.29 is 9.53 Å². The van der Waals surface area contributed by atoms with E-state index in [2.05, 4.69) is 32.7 Å². The highest BCUT2D eigenvalue weighted by molar-refractivity contribution is 7.78. The van der Waals surface area contributed by atoms with Crippen molar-refractivity contribution in [1.82, 2.24) is 15.6 Å². The highest BCUT2D eigenvalue weighted by Crippen LogP contribution is 2.36. The fourth-order valence-electron chi connectivity index (χ4n) is 3.07. The van der Waals surface area contributed by atoms with Crippen molar-refractivity contribution in [1.29, 1.82) is 0 Å². The molecule has 2 N–H and O–H groups in total. The molecule has 0 bridgehead atoms. The normalized spacial score (nSPS) is 23.9. The van der Waals surface area contributed by atoms with Crippen molar-refractivity contribution in [3.63, 3.8) is 0 Å². The van der Waals surface area contributed by atoms with Crippen molar-refractivity contribution in [3.8, 4) is 0 Å². The van der Waals surface area contributed by atoms with Crippen LogP contribution < -0.4 is 10.6 Å². The minimum absolute atomic E-state index is 0.381. The van der Waals surface area contributed by atoms with Gasteiger partial charge in [0.15, 0.2) is 0 Å². The first-order chi connectivity index (χ1) is 11.3. The number of pyridine rings is 1. The van der Waals surface area contributed by atoms with Gasteiger partial charge in [0.1, 0.15) is 5.60 Å². The molecule has 2 rings (SSSR count). The second-order valence-electron chi connectivity index (χ2n) is 7.25. The number of amides is 1. The molecule has 0 radical (unpaired) electrons. The van der Waals surface area contributed by atoms with Crippen LogP contribution in [-0.4, -0.2) is 34.9 Å². The van der Waals surface area contributed by atoms with E-state index >= 15 is 0 Å². The summed E-state index contributed by atoms with van der Waals surface area (Å²) in [6, 6.07) is 1.86. The quantitative estimate of drug-likeness (QED) is 0.648. The molecule has 0 unspecified atom stereocenters. The third-order valence-corrected chi connectivity index (χ3v) is 3.93. The number of alkyl carbamates (subject to hydrolysis) is 1. The number of piperidine rings is 1. The van der Waals surface area contributed by atoms with Crippen LogP contribution in [0.25, 0.3) is 0 Å². The zero-order chi connectivity index (χ0) is 17.8. The molecular formula is C17H24N4O2S. The molecule has 0 aliphatic carbocycles. The summed E-state index contributed by atoms with van der Waals surface area (Å²) in [5.41, 5.74) is 0.278. The average Bonchev–Trinajstić information content (AvgIpc) is 2.46. The Bertz CT molecular complexity index is 652. The Labute approximate surface area is 148 Å². The molecule has 6 nitrogen and oxygen atoms in total.